The number of hydrogen-bond donors (Lipinski definition) is 4. The molecule has 122 valence electrons. The number of carbonyl (C=O) groups excluding carboxylic acids is 2. The molecular formula is C14H27N3O4. The number of carbonyl (C=O) groups is 3. The molecule has 0 saturated carbocycles. The first kappa shape index (κ1) is 19.4. The van der Waals surface area contributed by atoms with Crippen molar-refractivity contribution in [1.29, 1.82) is 0 Å². The van der Waals surface area contributed by atoms with Crippen molar-refractivity contribution < 1.29 is 19.5 Å². The predicted octanol–water partition coefficient (Wildman–Crippen LogP) is 0.0899. The van der Waals surface area contributed by atoms with Gasteiger partial charge in [-0.05, 0) is 25.2 Å². The number of carboxylic acids is 1. The fourth-order valence-electron chi connectivity index (χ4n) is 1.65. The van der Waals surface area contributed by atoms with Crippen LogP contribution in [-0.2, 0) is 14.4 Å². The van der Waals surface area contributed by atoms with E-state index in [1.54, 1.807) is 0 Å². The van der Waals surface area contributed by atoms with Gasteiger partial charge >= 0.3 is 5.97 Å². The van der Waals surface area contributed by atoms with Crippen molar-refractivity contribution in [2.45, 2.75) is 59.2 Å². The Kier molecular flexibility index (Phi) is 7.94. The van der Waals surface area contributed by atoms with Gasteiger partial charge in [0.1, 0.15) is 12.1 Å². The Hall–Kier alpha value is -1.63. The van der Waals surface area contributed by atoms with Crippen LogP contribution in [-0.4, -0.2) is 41.0 Å². The topological polar surface area (TPSA) is 122 Å². The van der Waals surface area contributed by atoms with E-state index in [1.807, 2.05) is 27.7 Å². The summed E-state index contributed by atoms with van der Waals surface area (Å²) >= 11 is 0. The molecule has 0 aliphatic heterocycles. The third-order valence-electron chi connectivity index (χ3n) is 3.09. The van der Waals surface area contributed by atoms with Gasteiger partial charge in [0.15, 0.2) is 0 Å². The van der Waals surface area contributed by atoms with Crippen molar-refractivity contribution in [1.82, 2.24) is 10.6 Å². The van der Waals surface area contributed by atoms with E-state index in [-0.39, 0.29) is 11.8 Å². The Morgan fingerprint density at radius 1 is 1.00 bits per heavy atom. The summed E-state index contributed by atoms with van der Waals surface area (Å²) in [7, 11) is 0. The van der Waals surface area contributed by atoms with Crippen LogP contribution in [0.1, 0.15) is 41.0 Å². The normalized spacial score (nSPS) is 15.4. The quantitative estimate of drug-likeness (QED) is 0.506. The van der Waals surface area contributed by atoms with Crippen LogP contribution in [0.2, 0.25) is 0 Å². The molecule has 0 unspecified atom stereocenters. The van der Waals surface area contributed by atoms with E-state index >= 15 is 0 Å². The molecule has 0 bridgehead atoms. The second-order valence-corrected chi connectivity index (χ2v) is 6.03. The Balaban J connectivity index is 4.83. The summed E-state index contributed by atoms with van der Waals surface area (Å²) < 4.78 is 0. The van der Waals surface area contributed by atoms with Crippen LogP contribution in [0.15, 0.2) is 0 Å². The van der Waals surface area contributed by atoms with Gasteiger partial charge in [0.2, 0.25) is 11.8 Å². The van der Waals surface area contributed by atoms with Gasteiger partial charge in [-0.2, -0.15) is 0 Å². The van der Waals surface area contributed by atoms with E-state index in [0.29, 0.717) is 6.42 Å². The van der Waals surface area contributed by atoms with Gasteiger partial charge in [-0.15, -0.1) is 0 Å². The second kappa shape index (κ2) is 8.61. The SMILES string of the molecule is CC(C)C[C@H](NC(=O)[C@@H](N)C(C)C)C(=O)N[C@@H](C)C(=O)O. The number of nitrogens with two attached hydrogens (primary N) is 1. The molecular weight excluding hydrogens is 274 g/mol. The molecule has 5 N–H and O–H groups in total. The fraction of sp³-hybridized carbons (Fsp3) is 0.786. The van der Waals surface area contributed by atoms with Crippen LogP contribution in [0.4, 0.5) is 0 Å². The lowest BCUT2D eigenvalue weighted by Crippen LogP contribution is -2.55. The van der Waals surface area contributed by atoms with Crippen LogP contribution in [0.5, 0.6) is 0 Å². The van der Waals surface area contributed by atoms with Gasteiger partial charge in [-0.3, -0.25) is 14.4 Å². The van der Waals surface area contributed by atoms with E-state index in [4.69, 9.17) is 10.8 Å². The molecule has 21 heavy (non-hydrogen) atoms. The maximum Gasteiger partial charge on any atom is 0.325 e. The monoisotopic (exact) mass is 301 g/mol. The summed E-state index contributed by atoms with van der Waals surface area (Å²) in [4.78, 5) is 34.8. The smallest absolute Gasteiger partial charge is 0.325 e. The first-order chi connectivity index (χ1) is 9.56. The highest BCUT2D eigenvalue weighted by Gasteiger charge is 2.27. The molecule has 0 rings (SSSR count). The van der Waals surface area contributed by atoms with Crippen LogP contribution in [0.25, 0.3) is 0 Å². The molecule has 0 radical (unpaired) electrons. The van der Waals surface area contributed by atoms with E-state index in [1.165, 1.54) is 6.92 Å². The third kappa shape index (κ3) is 7.08. The van der Waals surface area contributed by atoms with Crippen molar-refractivity contribution >= 4 is 17.8 Å². The lowest BCUT2D eigenvalue weighted by atomic mass is 10.0. The zero-order chi connectivity index (χ0) is 16.7. The van der Waals surface area contributed by atoms with E-state index in [9.17, 15) is 14.4 Å². The van der Waals surface area contributed by atoms with Crippen molar-refractivity contribution in [3.63, 3.8) is 0 Å². The Bertz CT molecular complexity index is 382. The van der Waals surface area contributed by atoms with Crippen molar-refractivity contribution in [3.8, 4) is 0 Å². The van der Waals surface area contributed by atoms with Gasteiger partial charge in [0, 0.05) is 0 Å². The summed E-state index contributed by atoms with van der Waals surface area (Å²) in [6.45, 7) is 8.82. The second-order valence-electron chi connectivity index (χ2n) is 6.03. The molecule has 0 aromatic carbocycles. The maximum absolute atomic E-state index is 12.1. The average Bonchev–Trinajstić information content (AvgIpc) is 2.35. The summed E-state index contributed by atoms with van der Waals surface area (Å²) in [5.74, 6) is -1.93. The summed E-state index contributed by atoms with van der Waals surface area (Å²) in [6, 6.07) is -2.50. The Morgan fingerprint density at radius 2 is 1.52 bits per heavy atom. The lowest BCUT2D eigenvalue weighted by molar-refractivity contribution is -0.141. The Morgan fingerprint density at radius 3 is 1.90 bits per heavy atom. The minimum atomic E-state index is -1.13. The van der Waals surface area contributed by atoms with Crippen molar-refractivity contribution in [2.24, 2.45) is 17.6 Å². The largest absolute Gasteiger partial charge is 0.480 e. The van der Waals surface area contributed by atoms with Crippen LogP contribution in [0, 0.1) is 11.8 Å². The Labute approximate surface area is 125 Å². The number of nitrogens with one attached hydrogen (secondary N) is 2. The molecule has 0 heterocycles. The summed E-state index contributed by atoms with van der Waals surface area (Å²) in [5.41, 5.74) is 5.75. The van der Waals surface area contributed by atoms with Crippen LogP contribution >= 0.6 is 0 Å². The molecule has 0 aliphatic carbocycles. The van der Waals surface area contributed by atoms with Gasteiger partial charge < -0.3 is 21.5 Å². The maximum atomic E-state index is 12.1. The van der Waals surface area contributed by atoms with Gasteiger partial charge in [0.25, 0.3) is 0 Å². The van der Waals surface area contributed by atoms with Crippen molar-refractivity contribution in [2.75, 3.05) is 0 Å². The zero-order valence-electron chi connectivity index (χ0n) is 13.3. The molecule has 0 spiro atoms. The summed E-state index contributed by atoms with van der Waals surface area (Å²) in [5, 5.41) is 13.8. The molecule has 0 fully saturated rings. The number of hydrogen-bond acceptors (Lipinski definition) is 4. The zero-order valence-corrected chi connectivity index (χ0v) is 13.3. The highest BCUT2D eigenvalue weighted by molar-refractivity contribution is 5.91. The van der Waals surface area contributed by atoms with Gasteiger partial charge in [-0.1, -0.05) is 27.7 Å². The molecule has 3 atom stereocenters. The molecule has 0 aromatic heterocycles. The molecule has 0 aromatic rings. The number of aliphatic carboxylic acids is 1. The minimum absolute atomic E-state index is 0.0503. The van der Waals surface area contributed by atoms with Gasteiger partial charge in [-0.25, -0.2) is 0 Å². The molecule has 0 saturated heterocycles. The minimum Gasteiger partial charge on any atom is -0.480 e. The van der Waals surface area contributed by atoms with Crippen LogP contribution in [0.3, 0.4) is 0 Å². The molecule has 7 nitrogen and oxygen atoms in total. The highest BCUT2D eigenvalue weighted by Crippen LogP contribution is 2.07. The van der Waals surface area contributed by atoms with E-state index < -0.39 is 35.9 Å². The lowest BCUT2D eigenvalue weighted by Gasteiger charge is -2.24. The summed E-state index contributed by atoms with van der Waals surface area (Å²) in [6.07, 6.45) is 0.411. The number of rotatable bonds is 8. The van der Waals surface area contributed by atoms with Crippen LogP contribution < -0.4 is 16.4 Å². The fourth-order valence-corrected chi connectivity index (χ4v) is 1.65. The molecule has 2 amide bonds. The average molecular weight is 301 g/mol. The first-order valence-electron chi connectivity index (χ1n) is 7.15. The van der Waals surface area contributed by atoms with Crippen molar-refractivity contribution in [3.05, 3.63) is 0 Å². The number of carboxylic acid groups (broad SMARTS) is 1. The van der Waals surface area contributed by atoms with E-state index in [2.05, 4.69) is 10.6 Å². The first-order valence-corrected chi connectivity index (χ1v) is 7.15. The third-order valence-corrected chi connectivity index (χ3v) is 3.09. The predicted molar refractivity (Wildman–Crippen MR) is 79.4 cm³/mol. The highest BCUT2D eigenvalue weighted by atomic mass is 16.4. The van der Waals surface area contributed by atoms with E-state index in [0.717, 1.165) is 0 Å². The molecule has 0 aliphatic rings. The molecule has 7 heteroatoms. The standard InChI is InChI=1S/C14H27N3O4/c1-7(2)6-10(12(18)16-9(5)14(20)21)17-13(19)11(15)8(3)4/h7-11H,6,15H2,1-5H3,(H,16,18)(H,17,19)(H,20,21)/t9-,10-,11-/m0/s1. The number of amides is 2. The van der Waals surface area contributed by atoms with Gasteiger partial charge in [0.05, 0.1) is 6.04 Å².